The van der Waals surface area contributed by atoms with Crippen molar-refractivity contribution in [2.75, 3.05) is 0 Å². The van der Waals surface area contributed by atoms with Gasteiger partial charge < -0.3 is 0 Å². The van der Waals surface area contributed by atoms with Gasteiger partial charge in [-0.05, 0) is 30.9 Å². The summed E-state index contributed by atoms with van der Waals surface area (Å²) in [4.78, 5) is 0. The Morgan fingerprint density at radius 1 is 1.31 bits per heavy atom. The minimum absolute atomic E-state index is 0.455. The quantitative estimate of drug-likeness (QED) is 0.494. The van der Waals surface area contributed by atoms with Crippen LogP contribution >= 0.6 is 0 Å². The summed E-state index contributed by atoms with van der Waals surface area (Å²) in [5.74, 6) is -0.978. The van der Waals surface area contributed by atoms with Gasteiger partial charge >= 0.3 is 0 Å². The SMILES string of the molecule is C=CCCCc1ccc(F)cc1F. The Hall–Kier alpha value is -1.18. The lowest BCUT2D eigenvalue weighted by Crippen LogP contribution is -1.91. The standard InChI is InChI=1S/C11H12F2/c1-2-3-4-5-9-6-7-10(12)8-11(9)13/h2,6-8H,1,3-5H2. The van der Waals surface area contributed by atoms with Crippen molar-refractivity contribution < 1.29 is 8.78 Å². The van der Waals surface area contributed by atoms with Gasteiger partial charge in [0.15, 0.2) is 0 Å². The summed E-state index contributed by atoms with van der Waals surface area (Å²) in [7, 11) is 0. The molecular formula is C11H12F2. The van der Waals surface area contributed by atoms with Crippen LogP contribution in [0.25, 0.3) is 0 Å². The molecule has 1 aromatic rings. The number of unbranched alkanes of at least 4 members (excludes halogenated alkanes) is 1. The van der Waals surface area contributed by atoms with E-state index < -0.39 is 11.6 Å². The van der Waals surface area contributed by atoms with Gasteiger partial charge in [-0.25, -0.2) is 8.78 Å². The Bertz CT molecular complexity index is 292. The first kappa shape index (κ1) is 9.90. The molecule has 0 saturated carbocycles. The van der Waals surface area contributed by atoms with Crippen molar-refractivity contribution in [1.29, 1.82) is 0 Å². The van der Waals surface area contributed by atoms with E-state index in [1.54, 1.807) is 6.08 Å². The highest BCUT2D eigenvalue weighted by molar-refractivity contribution is 5.18. The fourth-order valence-corrected chi connectivity index (χ4v) is 1.16. The van der Waals surface area contributed by atoms with Crippen molar-refractivity contribution >= 4 is 0 Å². The fourth-order valence-electron chi connectivity index (χ4n) is 1.16. The summed E-state index contributed by atoms with van der Waals surface area (Å²) in [5, 5.41) is 0. The summed E-state index contributed by atoms with van der Waals surface area (Å²) < 4.78 is 25.5. The van der Waals surface area contributed by atoms with Crippen LogP contribution in [0.15, 0.2) is 30.9 Å². The number of rotatable bonds is 4. The average molecular weight is 182 g/mol. The van der Waals surface area contributed by atoms with E-state index in [1.165, 1.54) is 12.1 Å². The third kappa shape index (κ3) is 2.98. The summed E-state index contributed by atoms with van der Waals surface area (Å²) in [6, 6.07) is 3.70. The molecule has 0 aliphatic carbocycles. The molecule has 1 rings (SSSR count). The molecule has 0 nitrogen and oxygen atoms in total. The van der Waals surface area contributed by atoms with E-state index in [1.807, 2.05) is 0 Å². The van der Waals surface area contributed by atoms with Crippen molar-refractivity contribution in [2.45, 2.75) is 19.3 Å². The highest BCUT2D eigenvalue weighted by Gasteiger charge is 2.02. The predicted octanol–water partition coefficient (Wildman–Crippen LogP) is 3.47. The minimum atomic E-state index is -0.523. The molecule has 0 saturated heterocycles. The Morgan fingerprint density at radius 2 is 2.08 bits per heavy atom. The zero-order valence-electron chi connectivity index (χ0n) is 7.39. The topological polar surface area (TPSA) is 0 Å². The van der Waals surface area contributed by atoms with Crippen LogP contribution < -0.4 is 0 Å². The first-order valence-corrected chi connectivity index (χ1v) is 4.29. The van der Waals surface area contributed by atoms with E-state index in [9.17, 15) is 8.78 Å². The highest BCUT2D eigenvalue weighted by Crippen LogP contribution is 2.12. The van der Waals surface area contributed by atoms with Gasteiger partial charge in [-0.1, -0.05) is 12.1 Å². The molecule has 0 heterocycles. The number of allylic oxidation sites excluding steroid dienone is 1. The summed E-state index contributed by atoms with van der Waals surface area (Å²) in [5.41, 5.74) is 0.572. The van der Waals surface area contributed by atoms with Gasteiger partial charge in [-0.15, -0.1) is 6.58 Å². The van der Waals surface area contributed by atoms with Crippen LogP contribution in [0, 0.1) is 11.6 Å². The van der Waals surface area contributed by atoms with Crippen molar-refractivity contribution in [1.82, 2.24) is 0 Å². The number of benzene rings is 1. The van der Waals surface area contributed by atoms with Crippen LogP contribution in [0.3, 0.4) is 0 Å². The zero-order valence-corrected chi connectivity index (χ0v) is 7.39. The number of aryl methyl sites for hydroxylation is 1. The van der Waals surface area contributed by atoms with Crippen molar-refractivity contribution in [3.8, 4) is 0 Å². The van der Waals surface area contributed by atoms with Crippen LogP contribution in [0.2, 0.25) is 0 Å². The maximum Gasteiger partial charge on any atom is 0.129 e. The Balaban J connectivity index is 2.61. The second-order valence-electron chi connectivity index (χ2n) is 2.92. The fraction of sp³-hybridized carbons (Fsp3) is 0.273. The zero-order chi connectivity index (χ0) is 9.68. The lowest BCUT2D eigenvalue weighted by molar-refractivity contribution is 0.569. The van der Waals surface area contributed by atoms with Crippen LogP contribution in [-0.4, -0.2) is 0 Å². The van der Waals surface area contributed by atoms with Gasteiger partial charge in [0, 0.05) is 6.07 Å². The van der Waals surface area contributed by atoms with E-state index in [4.69, 9.17) is 0 Å². The molecule has 0 aromatic heterocycles. The van der Waals surface area contributed by atoms with Gasteiger partial charge in [-0.3, -0.25) is 0 Å². The first-order valence-electron chi connectivity index (χ1n) is 4.29. The van der Waals surface area contributed by atoms with Gasteiger partial charge in [0.1, 0.15) is 11.6 Å². The third-order valence-corrected chi connectivity index (χ3v) is 1.87. The lowest BCUT2D eigenvalue weighted by Gasteiger charge is -2.01. The minimum Gasteiger partial charge on any atom is -0.207 e. The molecule has 0 unspecified atom stereocenters. The van der Waals surface area contributed by atoms with Gasteiger partial charge in [0.05, 0.1) is 0 Å². The van der Waals surface area contributed by atoms with Gasteiger partial charge in [0.25, 0.3) is 0 Å². The molecule has 0 bridgehead atoms. The number of hydrogen-bond donors (Lipinski definition) is 0. The molecule has 0 spiro atoms. The molecular weight excluding hydrogens is 170 g/mol. The molecule has 2 heteroatoms. The largest absolute Gasteiger partial charge is 0.207 e. The van der Waals surface area contributed by atoms with E-state index in [0.717, 1.165) is 18.9 Å². The molecule has 0 fully saturated rings. The monoisotopic (exact) mass is 182 g/mol. The Labute approximate surface area is 76.9 Å². The van der Waals surface area contributed by atoms with E-state index in [-0.39, 0.29) is 0 Å². The number of hydrogen-bond acceptors (Lipinski definition) is 0. The molecule has 70 valence electrons. The molecule has 13 heavy (non-hydrogen) atoms. The maximum absolute atomic E-state index is 13.0. The van der Waals surface area contributed by atoms with E-state index in [2.05, 4.69) is 6.58 Å². The second kappa shape index (κ2) is 4.75. The molecule has 0 N–H and O–H groups in total. The van der Waals surface area contributed by atoms with Crippen molar-refractivity contribution in [3.63, 3.8) is 0 Å². The van der Waals surface area contributed by atoms with Crippen LogP contribution in [0.1, 0.15) is 18.4 Å². The molecule has 0 radical (unpaired) electrons. The predicted molar refractivity (Wildman–Crippen MR) is 49.5 cm³/mol. The molecule has 0 aliphatic heterocycles. The summed E-state index contributed by atoms with van der Waals surface area (Å²) >= 11 is 0. The normalized spacial score (nSPS) is 10.0. The molecule has 1 aromatic carbocycles. The van der Waals surface area contributed by atoms with Gasteiger partial charge in [0.2, 0.25) is 0 Å². The Morgan fingerprint density at radius 3 is 2.69 bits per heavy atom. The lowest BCUT2D eigenvalue weighted by atomic mass is 10.1. The Kier molecular flexibility index (Phi) is 3.62. The molecule has 0 amide bonds. The van der Waals surface area contributed by atoms with E-state index in [0.29, 0.717) is 12.0 Å². The average Bonchev–Trinajstić information content (AvgIpc) is 2.09. The molecule has 0 aliphatic rings. The van der Waals surface area contributed by atoms with Crippen LogP contribution in [-0.2, 0) is 6.42 Å². The highest BCUT2D eigenvalue weighted by atomic mass is 19.1. The maximum atomic E-state index is 13.0. The van der Waals surface area contributed by atoms with Crippen LogP contribution in [0.5, 0.6) is 0 Å². The van der Waals surface area contributed by atoms with Crippen molar-refractivity contribution in [2.24, 2.45) is 0 Å². The van der Waals surface area contributed by atoms with Crippen molar-refractivity contribution in [3.05, 3.63) is 48.1 Å². The first-order chi connectivity index (χ1) is 6.24. The van der Waals surface area contributed by atoms with Crippen LogP contribution in [0.4, 0.5) is 8.78 Å². The van der Waals surface area contributed by atoms with Gasteiger partial charge in [-0.2, -0.15) is 0 Å². The smallest absolute Gasteiger partial charge is 0.129 e. The van der Waals surface area contributed by atoms with E-state index >= 15 is 0 Å². The summed E-state index contributed by atoms with van der Waals surface area (Å²) in [6.45, 7) is 3.57. The summed E-state index contributed by atoms with van der Waals surface area (Å²) in [6.07, 6.45) is 4.14. The second-order valence-corrected chi connectivity index (χ2v) is 2.92. The molecule has 0 atom stereocenters. The number of halogens is 2. The third-order valence-electron chi connectivity index (χ3n) is 1.87.